The van der Waals surface area contributed by atoms with Crippen molar-refractivity contribution in [1.29, 1.82) is 0 Å². The van der Waals surface area contributed by atoms with Gasteiger partial charge in [-0.3, -0.25) is 4.90 Å². The molecule has 1 aliphatic heterocycles. The standard InChI is InChI=1S/C11H21N5/c1-9(12)10-3-5-16(6-4-10)7-11-14-13-8-15(11)2/h8-10H,3-7,12H2,1-2H3. The summed E-state index contributed by atoms with van der Waals surface area (Å²) in [5, 5.41) is 8.01. The van der Waals surface area contributed by atoms with E-state index in [1.165, 1.54) is 12.8 Å². The minimum atomic E-state index is 0.331. The van der Waals surface area contributed by atoms with Crippen LogP contribution in [0.25, 0.3) is 0 Å². The van der Waals surface area contributed by atoms with Gasteiger partial charge < -0.3 is 10.3 Å². The molecule has 0 aromatic carbocycles. The lowest BCUT2D eigenvalue weighted by molar-refractivity contribution is 0.161. The molecule has 16 heavy (non-hydrogen) atoms. The third-order valence-corrected chi connectivity index (χ3v) is 3.55. The number of nitrogens with two attached hydrogens (primary N) is 1. The molecule has 2 N–H and O–H groups in total. The second-order valence-corrected chi connectivity index (χ2v) is 4.83. The third-order valence-electron chi connectivity index (χ3n) is 3.55. The van der Waals surface area contributed by atoms with E-state index < -0.39 is 0 Å². The van der Waals surface area contributed by atoms with Gasteiger partial charge in [0.25, 0.3) is 0 Å². The van der Waals surface area contributed by atoms with Gasteiger partial charge in [0.15, 0.2) is 0 Å². The zero-order valence-electron chi connectivity index (χ0n) is 10.1. The second kappa shape index (κ2) is 4.93. The van der Waals surface area contributed by atoms with Gasteiger partial charge in [-0.15, -0.1) is 10.2 Å². The van der Waals surface area contributed by atoms with Crippen molar-refractivity contribution < 1.29 is 0 Å². The van der Waals surface area contributed by atoms with Gasteiger partial charge in [-0.05, 0) is 38.8 Å². The van der Waals surface area contributed by atoms with Crippen LogP contribution in [0.5, 0.6) is 0 Å². The van der Waals surface area contributed by atoms with Crippen LogP contribution in [-0.2, 0) is 13.6 Å². The minimum absolute atomic E-state index is 0.331. The zero-order chi connectivity index (χ0) is 11.5. The summed E-state index contributed by atoms with van der Waals surface area (Å²) in [5.74, 6) is 1.73. The highest BCUT2D eigenvalue weighted by Crippen LogP contribution is 2.20. The highest BCUT2D eigenvalue weighted by atomic mass is 15.3. The summed E-state index contributed by atoms with van der Waals surface area (Å²) >= 11 is 0. The maximum absolute atomic E-state index is 5.93. The maximum atomic E-state index is 5.93. The van der Waals surface area contributed by atoms with Crippen LogP contribution < -0.4 is 5.73 Å². The summed E-state index contributed by atoms with van der Waals surface area (Å²) < 4.78 is 1.98. The van der Waals surface area contributed by atoms with Gasteiger partial charge in [0.05, 0.1) is 6.54 Å². The number of rotatable bonds is 3. The molecule has 1 aliphatic rings. The molecule has 0 spiro atoms. The average molecular weight is 223 g/mol. The fourth-order valence-corrected chi connectivity index (χ4v) is 2.29. The molecular formula is C11H21N5. The Kier molecular flexibility index (Phi) is 3.56. The molecule has 1 unspecified atom stereocenters. The molecule has 1 aromatic heterocycles. The normalized spacial score (nSPS) is 21.2. The molecule has 5 nitrogen and oxygen atoms in total. The van der Waals surface area contributed by atoms with Gasteiger partial charge in [-0.25, -0.2) is 0 Å². The Hall–Kier alpha value is -0.940. The number of likely N-dealkylation sites (tertiary alicyclic amines) is 1. The van der Waals surface area contributed by atoms with E-state index in [4.69, 9.17) is 5.73 Å². The Labute approximate surface area is 96.6 Å². The third kappa shape index (κ3) is 2.59. The number of hydrogen-bond acceptors (Lipinski definition) is 4. The molecule has 0 radical (unpaired) electrons. The molecule has 0 amide bonds. The summed E-state index contributed by atoms with van der Waals surface area (Å²) in [6.45, 7) is 5.27. The van der Waals surface area contributed by atoms with E-state index >= 15 is 0 Å². The maximum Gasteiger partial charge on any atom is 0.146 e. The Morgan fingerprint density at radius 1 is 1.50 bits per heavy atom. The smallest absolute Gasteiger partial charge is 0.146 e. The molecule has 0 saturated carbocycles. The van der Waals surface area contributed by atoms with Crippen LogP contribution in [-0.4, -0.2) is 38.8 Å². The van der Waals surface area contributed by atoms with Crippen LogP contribution in [0.2, 0.25) is 0 Å². The largest absolute Gasteiger partial charge is 0.328 e. The number of aromatic nitrogens is 3. The summed E-state index contributed by atoms with van der Waals surface area (Å²) in [7, 11) is 1.99. The van der Waals surface area contributed by atoms with Crippen LogP contribution in [0.1, 0.15) is 25.6 Å². The molecule has 2 heterocycles. The minimum Gasteiger partial charge on any atom is -0.328 e. The van der Waals surface area contributed by atoms with E-state index in [9.17, 15) is 0 Å². The average Bonchev–Trinajstić information content (AvgIpc) is 2.65. The van der Waals surface area contributed by atoms with Gasteiger partial charge in [0, 0.05) is 13.1 Å². The van der Waals surface area contributed by atoms with Crippen molar-refractivity contribution in [3.8, 4) is 0 Å². The summed E-state index contributed by atoms with van der Waals surface area (Å²) in [6.07, 6.45) is 4.16. The van der Waals surface area contributed by atoms with Gasteiger partial charge >= 0.3 is 0 Å². The van der Waals surface area contributed by atoms with Crippen molar-refractivity contribution in [2.45, 2.75) is 32.4 Å². The molecule has 1 fully saturated rings. The van der Waals surface area contributed by atoms with Crippen molar-refractivity contribution in [3.63, 3.8) is 0 Å². The monoisotopic (exact) mass is 223 g/mol. The summed E-state index contributed by atoms with van der Waals surface area (Å²) in [4.78, 5) is 2.43. The van der Waals surface area contributed by atoms with Crippen LogP contribution in [0.4, 0.5) is 0 Å². The van der Waals surface area contributed by atoms with Crippen molar-refractivity contribution >= 4 is 0 Å². The van der Waals surface area contributed by atoms with Crippen molar-refractivity contribution in [3.05, 3.63) is 12.2 Å². The first-order valence-electron chi connectivity index (χ1n) is 5.97. The van der Waals surface area contributed by atoms with Gasteiger partial charge in [-0.2, -0.15) is 0 Å². The van der Waals surface area contributed by atoms with Gasteiger partial charge in [0.1, 0.15) is 12.2 Å². The Bertz CT molecular complexity index is 325. The number of piperidine rings is 1. The van der Waals surface area contributed by atoms with E-state index in [-0.39, 0.29) is 0 Å². The number of nitrogens with zero attached hydrogens (tertiary/aromatic N) is 4. The molecule has 0 aliphatic carbocycles. The predicted octanol–water partition coefficient (Wildman–Crippen LogP) is 0.374. The van der Waals surface area contributed by atoms with Gasteiger partial charge in [-0.1, -0.05) is 0 Å². The molecule has 0 bridgehead atoms. The van der Waals surface area contributed by atoms with E-state index in [0.29, 0.717) is 12.0 Å². The van der Waals surface area contributed by atoms with Gasteiger partial charge in [0.2, 0.25) is 0 Å². The highest BCUT2D eigenvalue weighted by Gasteiger charge is 2.22. The first kappa shape index (κ1) is 11.5. The SMILES string of the molecule is CC(N)C1CCN(Cc2nncn2C)CC1. The van der Waals surface area contributed by atoms with Crippen molar-refractivity contribution in [1.82, 2.24) is 19.7 Å². The highest BCUT2D eigenvalue weighted by molar-refractivity contribution is 4.86. The second-order valence-electron chi connectivity index (χ2n) is 4.83. The Morgan fingerprint density at radius 2 is 2.19 bits per heavy atom. The van der Waals surface area contributed by atoms with E-state index in [1.807, 2.05) is 11.6 Å². The lowest BCUT2D eigenvalue weighted by atomic mass is 9.91. The Morgan fingerprint density at radius 3 is 2.69 bits per heavy atom. The topological polar surface area (TPSA) is 60.0 Å². The number of aryl methyl sites for hydroxylation is 1. The fourth-order valence-electron chi connectivity index (χ4n) is 2.29. The predicted molar refractivity (Wildman–Crippen MR) is 62.7 cm³/mol. The number of hydrogen-bond donors (Lipinski definition) is 1. The summed E-state index contributed by atoms with van der Waals surface area (Å²) in [6, 6.07) is 0.331. The zero-order valence-corrected chi connectivity index (χ0v) is 10.1. The lowest BCUT2D eigenvalue weighted by Crippen LogP contribution is -2.39. The molecular weight excluding hydrogens is 202 g/mol. The first-order valence-corrected chi connectivity index (χ1v) is 5.97. The molecule has 1 saturated heterocycles. The van der Waals surface area contributed by atoms with E-state index in [1.54, 1.807) is 6.33 Å². The van der Waals surface area contributed by atoms with E-state index in [0.717, 1.165) is 25.5 Å². The summed E-state index contributed by atoms with van der Waals surface area (Å²) in [5.41, 5.74) is 5.93. The fraction of sp³-hybridized carbons (Fsp3) is 0.818. The quantitative estimate of drug-likeness (QED) is 0.804. The van der Waals surface area contributed by atoms with Crippen LogP contribution in [0.3, 0.4) is 0 Å². The van der Waals surface area contributed by atoms with Crippen molar-refractivity contribution in [2.75, 3.05) is 13.1 Å². The van der Waals surface area contributed by atoms with Crippen LogP contribution in [0.15, 0.2) is 6.33 Å². The first-order chi connectivity index (χ1) is 7.66. The molecule has 90 valence electrons. The van der Waals surface area contributed by atoms with Crippen LogP contribution in [0, 0.1) is 5.92 Å². The lowest BCUT2D eigenvalue weighted by Gasteiger charge is -2.33. The molecule has 5 heteroatoms. The molecule has 2 rings (SSSR count). The van der Waals surface area contributed by atoms with Crippen LogP contribution >= 0.6 is 0 Å². The van der Waals surface area contributed by atoms with E-state index in [2.05, 4.69) is 22.0 Å². The van der Waals surface area contributed by atoms with Crippen molar-refractivity contribution in [2.24, 2.45) is 18.7 Å². The molecule has 1 atom stereocenters. The molecule has 1 aromatic rings. The Balaban J connectivity index is 1.84.